The summed E-state index contributed by atoms with van der Waals surface area (Å²) < 4.78 is 0. The van der Waals surface area contributed by atoms with Crippen molar-refractivity contribution in [1.82, 2.24) is 10.3 Å². The first-order chi connectivity index (χ1) is 9.22. The Balaban J connectivity index is 2.13. The van der Waals surface area contributed by atoms with Crippen LogP contribution in [0, 0.1) is 6.92 Å². The topological polar surface area (TPSA) is 24.9 Å². The van der Waals surface area contributed by atoms with Crippen LogP contribution < -0.4 is 5.32 Å². The summed E-state index contributed by atoms with van der Waals surface area (Å²) in [5, 5.41) is 6.86. The summed E-state index contributed by atoms with van der Waals surface area (Å²) in [5.74, 6) is 0. The zero-order valence-corrected chi connectivity index (χ0v) is 13.3. The minimum absolute atomic E-state index is 0.349. The maximum Gasteiger partial charge on any atom is 0.0897 e. The van der Waals surface area contributed by atoms with Gasteiger partial charge in [-0.25, -0.2) is 4.98 Å². The fourth-order valence-corrected chi connectivity index (χ4v) is 3.14. The van der Waals surface area contributed by atoms with E-state index in [2.05, 4.69) is 60.0 Å². The number of aryl methyl sites for hydroxylation is 1. The van der Waals surface area contributed by atoms with Gasteiger partial charge in [0.25, 0.3) is 0 Å². The maximum atomic E-state index is 4.57. The van der Waals surface area contributed by atoms with Crippen LogP contribution in [0.25, 0.3) is 0 Å². The lowest BCUT2D eigenvalue weighted by Gasteiger charge is -2.17. The standard InChI is InChI=1S/C15H20N2S2/c1-4-16-15(9-13-10-19-11(2)17-13)12-5-7-14(18-3)8-6-12/h5-8,10,15-16H,4,9H2,1-3H3. The molecule has 2 rings (SSSR count). The number of likely N-dealkylation sites (N-methyl/N-ethyl adjacent to an activating group) is 1. The van der Waals surface area contributed by atoms with Gasteiger partial charge in [0.15, 0.2) is 0 Å². The predicted molar refractivity (Wildman–Crippen MR) is 85.2 cm³/mol. The molecular formula is C15H20N2S2. The normalized spacial score (nSPS) is 12.6. The SMILES string of the molecule is CCNC(Cc1csc(C)n1)c1ccc(SC)cc1. The Hall–Kier alpha value is -0.840. The molecule has 0 fully saturated rings. The van der Waals surface area contributed by atoms with E-state index >= 15 is 0 Å². The lowest BCUT2D eigenvalue weighted by molar-refractivity contribution is 0.544. The van der Waals surface area contributed by atoms with Crippen LogP contribution in [0.5, 0.6) is 0 Å². The lowest BCUT2D eigenvalue weighted by Crippen LogP contribution is -2.23. The summed E-state index contributed by atoms with van der Waals surface area (Å²) in [7, 11) is 0. The van der Waals surface area contributed by atoms with Crippen molar-refractivity contribution in [3.05, 3.63) is 45.9 Å². The van der Waals surface area contributed by atoms with Crippen molar-refractivity contribution in [2.75, 3.05) is 12.8 Å². The molecule has 1 aromatic heterocycles. The largest absolute Gasteiger partial charge is 0.310 e. The van der Waals surface area contributed by atoms with Crippen molar-refractivity contribution < 1.29 is 0 Å². The number of nitrogens with one attached hydrogen (secondary N) is 1. The van der Waals surface area contributed by atoms with Crippen molar-refractivity contribution in [3.8, 4) is 0 Å². The number of thiazole rings is 1. The molecule has 0 bridgehead atoms. The quantitative estimate of drug-likeness (QED) is 0.813. The number of rotatable bonds is 6. The Morgan fingerprint density at radius 3 is 2.58 bits per heavy atom. The first kappa shape index (κ1) is 14.6. The zero-order valence-electron chi connectivity index (χ0n) is 11.6. The molecule has 0 aliphatic carbocycles. The second kappa shape index (κ2) is 7.08. The predicted octanol–water partition coefficient (Wildman–Crippen LogP) is 4.07. The number of aromatic nitrogens is 1. The molecule has 0 spiro atoms. The van der Waals surface area contributed by atoms with Gasteiger partial charge in [-0.2, -0.15) is 0 Å². The Morgan fingerprint density at radius 2 is 2.05 bits per heavy atom. The summed E-state index contributed by atoms with van der Waals surface area (Å²) in [5.41, 5.74) is 2.52. The zero-order chi connectivity index (χ0) is 13.7. The third-order valence-corrected chi connectivity index (χ3v) is 4.61. The summed E-state index contributed by atoms with van der Waals surface area (Å²) in [6.07, 6.45) is 3.06. The van der Waals surface area contributed by atoms with Crippen LogP contribution in [0.15, 0.2) is 34.5 Å². The highest BCUT2D eigenvalue weighted by Gasteiger charge is 2.12. The van der Waals surface area contributed by atoms with E-state index in [0.29, 0.717) is 6.04 Å². The molecule has 19 heavy (non-hydrogen) atoms. The minimum Gasteiger partial charge on any atom is -0.310 e. The number of benzene rings is 1. The van der Waals surface area contributed by atoms with E-state index in [0.717, 1.165) is 18.0 Å². The molecule has 2 aromatic rings. The number of hydrogen-bond donors (Lipinski definition) is 1. The van der Waals surface area contributed by atoms with E-state index in [1.54, 1.807) is 23.1 Å². The Morgan fingerprint density at radius 1 is 1.32 bits per heavy atom. The van der Waals surface area contributed by atoms with Gasteiger partial charge in [0.1, 0.15) is 0 Å². The molecule has 102 valence electrons. The van der Waals surface area contributed by atoms with E-state index in [1.807, 2.05) is 0 Å². The van der Waals surface area contributed by atoms with E-state index in [4.69, 9.17) is 0 Å². The summed E-state index contributed by atoms with van der Waals surface area (Å²) in [6.45, 7) is 5.18. The van der Waals surface area contributed by atoms with Crippen molar-refractivity contribution in [3.63, 3.8) is 0 Å². The Labute approximate surface area is 123 Å². The Bertz CT molecular complexity index is 505. The molecule has 0 aliphatic rings. The summed E-state index contributed by atoms with van der Waals surface area (Å²) in [4.78, 5) is 5.88. The minimum atomic E-state index is 0.349. The first-order valence-electron chi connectivity index (χ1n) is 6.51. The smallest absolute Gasteiger partial charge is 0.0897 e. The third-order valence-electron chi connectivity index (χ3n) is 3.05. The fourth-order valence-electron chi connectivity index (χ4n) is 2.10. The monoisotopic (exact) mass is 292 g/mol. The maximum absolute atomic E-state index is 4.57. The molecule has 1 atom stereocenters. The fraction of sp³-hybridized carbons (Fsp3) is 0.400. The molecule has 2 nitrogen and oxygen atoms in total. The summed E-state index contributed by atoms with van der Waals surface area (Å²) in [6, 6.07) is 9.17. The van der Waals surface area contributed by atoms with Crippen LogP contribution in [-0.4, -0.2) is 17.8 Å². The molecule has 1 aromatic carbocycles. The van der Waals surface area contributed by atoms with Crippen molar-refractivity contribution >= 4 is 23.1 Å². The number of nitrogens with zero attached hydrogens (tertiary/aromatic N) is 1. The van der Waals surface area contributed by atoms with Crippen LogP contribution >= 0.6 is 23.1 Å². The molecular weight excluding hydrogens is 272 g/mol. The van der Waals surface area contributed by atoms with Gasteiger partial charge < -0.3 is 5.32 Å². The molecule has 0 radical (unpaired) electrons. The Kier molecular flexibility index (Phi) is 5.43. The average molecular weight is 292 g/mol. The van der Waals surface area contributed by atoms with Crippen LogP contribution in [0.1, 0.15) is 29.2 Å². The van der Waals surface area contributed by atoms with Crippen molar-refractivity contribution in [2.45, 2.75) is 31.2 Å². The highest BCUT2D eigenvalue weighted by atomic mass is 32.2. The van der Waals surface area contributed by atoms with Gasteiger partial charge in [-0.15, -0.1) is 23.1 Å². The molecule has 1 heterocycles. The average Bonchev–Trinajstić information content (AvgIpc) is 2.84. The third kappa shape index (κ3) is 4.06. The second-order valence-corrected chi connectivity index (χ2v) is 6.39. The van der Waals surface area contributed by atoms with Crippen molar-refractivity contribution in [2.24, 2.45) is 0 Å². The first-order valence-corrected chi connectivity index (χ1v) is 8.61. The molecule has 0 aliphatic heterocycles. The number of hydrogen-bond acceptors (Lipinski definition) is 4. The molecule has 4 heteroatoms. The molecule has 1 N–H and O–H groups in total. The molecule has 0 amide bonds. The second-order valence-electron chi connectivity index (χ2n) is 4.45. The van der Waals surface area contributed by atoms with Gasteiger partial charge in [-0.1, -0.05) is 19.1 Å². The molecule has 0 saturated carbocycles. The van der Waals surface area contributed by atoms with Gasteiger partial charge in [0.2, 0.25) is 0 Å². The lowest BCUT2D eigenvalue weighted by atomic mass is 10.0. The van der Waals surface area contributed by atoms with Gasteiger partial charge in [0, 0.05) is 22.7 Å². The van der Waals surface area contributed by atoms with Crippen LogP contribution in [-0.2, 0) is 6.42 Å². The van der Waals surface area contributed by atoms with E-state index in [9.17, 15) is 0 Å². The van der Waals surface area contributed by atoms with Gasteiger partial charge in [0.05, 0.1) is 10.7 Å². The van der Waals surface area contributed by atoms with Gasteiger partial charge >= 0.3 is 0 Å². The van der Waals surface area contributed by atoms with Crippen molar-refractivity contribution in [1.29, 1.82) is 0 Å². The van der Waals surface area contributed by atoms with E-state index in [1.165, 1.54) is 16.2 Å². The van der Waals surface area contributed by atoms with Crippen LogP contribution in [0.2, 0.25) is 0 Å². The summed E-state index contributed by atoms with van der Waals surface area (Å²) >= 11 is 3.50. The molecule has 0 saturated heterocycles. The highest BCUT2D eigenvalue weighted by Crippen LogP contribution is 2.22. The van der Waals surface area contributed by atoms with Gasteiger partial charge in [-0.3, -0.25) is 0 Å². The molecule has 1 unspecified atom stereocenters. The van der Waals surface area contributed by atoms with E-state index in [-0.39, 0.29) is 0 Å². The van der Waals surface area contributed by atoms with Crippen LogP contribution in [0.4, 0.5) is 0 Å². The van der Waals surface area contributed by atoms with Crippen LogP contribution in [0.3, 0.4) is 0 Å². The van der Waals surface area contributed by atoms with E-state index < -0.39 is 0 Å². The highest BCUT2D eigenvalue weighted by molar-refractivity contribution is 7.98. The van der Waals surface area contributed by atoms with Gasteiger partial charge in [-0.05, 0) is 37.4 Å². The number of thioether (sulfide) groups is 1.